The standard InChI is InChI=1S/C20H22N2O4/c23-17(12-22-8-7-14-3-1-2-4-16(14)11-22)10-21-20(24)15-5-6-18-19(9-15)26-13-25-18/h1-6,9,17,23H,7-8,10-13H2,(H,21,24). The monoisotopic (exact) mass is 354 g/mol. The number of nitrogens with one attached hydrogen (secondary N) is 1. The largest absolute Gasteiger partial charge is 0.454 e. The fourth-order valence-corrected chi connectivity index (χ4v) is 3.42. The molecule has 0 saturated carbocycles. The molecule has 0 radical (unpaired) electrons. The summed E-state index contributed by atoms with van der Waals surface area (Å²) in [7, 11) is 0. The van der Waals surface area contributed by atoms with E-state index in [9.17, 15) is 9.90 Å². The third-order valence-electron chi connectivity index (χ3n) is 4.81. The summed E-state index contributed by atoms with van der Waals surface area (Å²) in [6.07, 6.45) is 0.380. The molecule has 136 valence electrons. The van der Waals surface area contributed by atoms with Crippen LogP contribution in [-0.4, -0.2) is 48.4 Å². The zero-order chi connectivity index (χ0) is 17.9. The van der Waals surface area contributed by atoms with Crippen molar-refractivity contribution >= 4 is 5.91 Å². The predicted molar refractivity (Wildman–Crippen MR) is 96.3 cm³/mol. The molecule has 0 fully saturated rings. The molecule has 26 heavy (non-hydrogen) atoms. The maximum atomic E-state index is 12.3. The fraction of sp³-hybridized carbons (Fsp3) is 0.350. The molecule has 2 N–H and O–H groups in total. The van der Waals surface area contributed by atoms with Crippen LogP contribution in [0.2, 0.25) is 0 Å². The molecule has 0 spiro atoms. The Morgan fingerprint density at radius 1 is 1.15 bits per heavy atom. The zero-order valence-corrected chi connectivity index (χ0v) is 14.5. The second kappa shape index (κ2) is 7.35. The van der Waals surface area contributed by atoms with Crippen molar-refractivity contribution in [3.05, 3.63) is 59.2 Å². The summed E-state index contributed by atoms with van der Waals surface area (Å²) < 4.78 is 10.5. The lowest BCUT2D eigenvalue weighted by atomic mass is 10.00. The Labute approximate surface area is 152 Å². The van der Waals surface area contributed by atoms with Gasteiger partial charge in [-0.1, -0.05) is 24.3 Å². The van der Waals surface area contributed by atoms with Gasteiger partial charge in [-0.2, -0.15) is 0 Å². The number of carbonyl (C=O) groups excluding carboxylic acids is 1. The Morgan fingerprint density at radius 3 is 2.85 bits per heavy atom. The van der Waals surface area contributed by atoms with Crippen molar-refractivity contribution in [3.8, 4) is 11.5 Å². The van der Waals surface area contributed by atoms with Crippen molar-refractivity contribution in [3.63, 3.8) is 0 Å². The van der Waals surface area contributed by atoms with Crippen LogP contribution in [0.1, 0.15) is 21.5 Å². The molecule has 2 aliphatic heterocycles. The van der Waals surface area contributed by atoms with Gasteiger partial charge in [0.25, 0.3) is 5.91 Å². The van der Waals surface area contributed by atoms with Gasteiger partial charge in [-0.05, 0) is 35.7 Å². The molecule has 2 heterocycles. The molecule has 6 heteroatoms. The van der Waals surface area contributed by atoms with Crippen LogP contribution in [0.3, 0.4) is 0 Å². The summed E-state index contributed by atoms with van der Waals surface area (Å²) in [6.45, 7) is 2.69. The van der Waals surface area contributed by atoms with Crippen LogP contribution in [0.25, 0.3) is 0 Å². The maximum Gasteiger partial charge on any atom is 0.251 e. The topological polar surface area (TPSA) is 71.0 Å². The average Bonchev–Trinajstić information content (AvgIpc) is 3.14. The highest BCUT2D eigenvalue weighted by molar-refractivity contribution is 5.94. The Balaban J connectivity index is 1.28. The predicted octanol–water partition coefficient (Wildman–Crippen LogP) is 1.56. The highest BCUT2D eigenvalue weighted by Gasteiger charge is 2.20. The molecule has 6 nitrogen and oxygen atoms in total. The molecule has 1 atom stereocenters. The number of aliphatic hydroxyl groups excluding tert-OH is 1. The summed E-state index contributed by atoms with van der Waals surface area (Å²) in [5.74, 6) is 0.989. The van der Waals surface area contributed by atoms with Gasteiger partial charge in [0.15, 0.2) is 11.5 Å². The minimum atomic E-state index is -0.613. The van der Waals surface area contributed by atoms with Crippen LogP contribution in [0, 0.1) is 0 Å². The van der Waals surface area contributed by atoms with E-state index in [0.29, 0.717) is 23.6 Å². The van der Waals surface area contributed by atoms with Crippen LogP contribution < -0.4 is 14.8 Å². The summed E-state index contributed by atoms with van der Waals surface area (Å²) in [4.78, 5) is 14.5. The van der Waals surface area contributed by atoms with Gasteiger partial charge in [-0.15, -0.1) is 0 Å². The van der Waals surface area contributed by atoms with Crippen molar-refractivity contribution < 1.29 is 19.4 Å². The van der Waals surface area contributed by atoms with Gasteiger partial charge in [0.2, 0.25) is 6.79 Å². The number of benzene rings is 2. The molecule has 0 saturated heterocycles. The summed E-state index contributed by atoms with van der Waals surface area (Å²) in [6, 6.07) is 13.5. The Morgan fingerprint density at radius 2 is 1.96 bits per heavy atom. The lowest BCUT2D eigenvalue weighted by molar-refractivity contribution is 0.0841. The smallest absolute Gasteiger partial charge is 0.251 e. The first kappa shape index (κ1) is 16.9. The second-order valence-corrected chi connectivity index (χ2v) is 6.69. The zero-order valence-electron chi connectivity index (χ0n) is 14.5. The number of nitrogens with zero attached hydrogens (tertiary/aromatic N) is 1. The van der Waals surface area contributed by atoms with Crippen LogP contribution in [0.5, 0.6) is 11.5 Å². The first-order chi connectivity index (χ1) is 12.7. The van der Waals surface area contributed by atoms with Gasteiger partial charge in [0.1, 0.15) is 0 Å². The number of carbonyl (C=O) groups is 1. The maximum absolute atomic E-state index is 12.3. The molecule has 2 aliphatic rings. The number of ether oxygens (including phenoxy) is 2. The molecular formula is C20H22N2O4. The van der Waals surface area contributed by atoms with Crippen molar-refractivity contribution in [1.82, 2.24) is 10.2 Å². The van der Waals surface area contributed by atoms with E-state index in [1.807, 2.05) is 6.07 Å². The van der Waals surface area contributed by atoms with Gasteiger partial charge in [-0.25, -0.2) is 0 Å². The molecule has 2 aromatic carbocycles. The normalized spacial score (nSPS) is 16.8. The summed E-state index contributed by atoms with van der Waals surface area (Å²) in [5, 5.41) is 13.1. The van der Waals surface area contributed by atoms with Gasteiger partial charge < -0.3 is 19.9 Å². The van der Waals surface area contributed by atoms with Crippen LogP contribution in [0.4, 0.5) is 0 Å². The van der Waals surface area contributed by atoms with E-state index >= 15 is 0 Å². The quantitative estimate of drug-likeness (QED) is 0.853. The lowest BCUT2D eigenvalue weighted by Crippen LogP contribution is -2.42. The van der Waals surface area contributed by atoms with Gasteiger partial charge in [0, 0.05) is 31.7 Å². The Kier molecular flexibility index (Phi) is 4.77. The van der Waals surface area contributed by atoms with E-state index in [1.54, 1.807) is 18.2 Å². The number of rotatable bonds is 5. The Bertz CT molecular complexity index is 808. The molecule has 0 aliphatic carbocycles. The molecule has 1 unspecified atom stereocenters. The van der Waals surface area contributed by atoms with Crippen molar-refractivity contribution in [2.75, 3.05) is 26.4 Å². The molecule has 0 aromatic heterocycles. The Hall–Kier alpha value is -2.57. The van der Waals surface area contributed by atoms with Crippen molar-refractivity contribution in [1.29, 1.82) is 0 Å². The highest BCUT2D eigenvalue weighted by atomic mass is 16.7. The van der Waals surface area contributed by atoms with Crippen LogP contribution in [0.15, 0.2) is 42.5 Å². The number of hydrogen-bond donors (Lipinski definition) is 2. The van der Waals surface area contributed by atoms with E-state index in [4.69, 9.17) is 9.47 Å². The fourth-order valence-electron chi connectivity index (χ4n) is 3.42. The average molecular weight is 354 g/mol. The molecule has 1 amide bonds. The summed E-state index contributed by atoms with van der Waals surface area (Å²) in [5.41, 5.74) is 3.19. The minimum Gasteiger partial charge on any atom is -0.454 e. The van der Waals surface area contributed by atoms with Crippen LogP contribution >= 0.6 is 0 Å². The molecule has 0 bridgehead atoms. The number of β-amino-alcohol motifs (C(OH)–C–C–N with tert-alkyl or cyclic N) is 1. The highest BCUT2D eigenvalue weighted by Crippen LogP contribution is 2.32. The first-order valence-corrected chi connectivity index (χ1v) is 8.84. The third kappa shape index (κ3) is 3.66. The van der Waals surface area contributed by atoms with E-state index in [1.165, 1.54) is 11.1 Å². The number of fused-ring (bicyclic) bond motifs is 2. The van der Waals surface area contributed by atoms with E-state index < -0.39 is 6.10 Å². The molecule has 2 aromatic rings. The molecule has 4 rings (SSSR count). The third-order valence-corrected chi connectivity index (χ3v) is 4.81. The number of aliphatic hydroxyl groups is 1. The first-order valence-electron chi connectivity index (χ1n) is 8.84. The second-order valence-electron chi connectivity index (χ2n) is 6.69. The number of hydrogen-bond acceptors (Lipinski definition) is 5. The SMILES string of the molecule is O=C(NCC(O)CN1CCc2ccccc2C1)c1ccc2c(c1)OCO2. The summed E-state index contributed by atoms with van der Waals surface area (Å²) >= 11 is 0. The van der Waals surface area contributed by atoms with E-state index in [-0.39, 0.29) is 19.2 Å². The van der Waals surface area contributed by atoms with E-state index in [2.05, 4.69) is 28.4 Å². The van der Waals surface area contributed by atoms with E-state index in [0.717, 1.165) is 19.5 Å². The van der Waals surface area contributed by atoms with Gasteiger partial charge >= 0.3 is 0 Å². The van der Waals surface area contributed by atoms with Crippen molar-refractivity contribution in [2.24, 2.45) is 0 Å². The lowest BCUT2D eigenvalue weighted by Gasteiger charge is -2.30. The number of amides is 1. The van der Waals surface area contributed by atoms with Crippen LogP contribution in [-0.2, 0) is 13.0 Å². The minimum absolute atomic E-state index is 0.179. The van der Waals surface area contributed by atoms with Crippen molar-refractivity contribution in [2.45, 2.75) is 19.1 Å². The van der Waals surface area contributed by atoms with Gasteiger partial charge in [-0.3, -0.25) is 9.69 Å². The van der Waals surface area contributed by atoms with Gasteiger partial charge in [0.05, 0.1) is 6.10 Å². The molecular weight excluding hydrogens is 332 g/mol.